The van der Waals surface area contributed by atoms with Gasteiger partial charge in [-0.1, -0.05) is 24.6 Å². The van der Waals surface area contributed by atoms with Crippen molar-refractivity contribution >= 4 is 0 Å². The Bertz CT molecular complexity index is 700. The molecular formula is C23H32O7. The molecule has 0 amide bonds. The Morgan fingerprint density at radius 3 is 2.37 bits per heavy atom. The lowest BCUT2D eigenvalue weighted by atomic mass is 9.84. The van der Waals surface area contributed by atoms with Gasteiger partial charge >= 0.3 is 0 Å². The molecule has 6 atom stereocenters. The summed E-state index contributed by atoms with van der Waals surface area (Å²) in [5, 5.41) is 21.6. The molecule has 0 radical (unpaired) electrons. The van der Waals surface area contributed by atoms with E-state index in [4.69, 9.17) is 23.7 Å². The van der Waals surface area contributed by atoms with Crippen molar-refractivity contribution in [2.24, 2.45) is 0 Å². The molecule has 7 nitrogen and oxygen atoms in total. The van der Waals surface area contributed by atoms with Gasteiger partial charge in [0.15, 0.2) is 5.79 Å². The molecule has 1 aromatic carbocycles. The van der Waals surface area contributed by atoms with Gasteiger partial charge in [-0.2, -0.15) is 0 Å². The number of benzene rings is 1. The lowest BCUT2D eigenvalue weighted by Crippen LogP contribution is -2.64. The molecule has 0 bridgehead atoms. The fourth-order valence-electron chi connectivity index (χ4n) is 4.75. The predicted molar refractivity (Wildman–Crippen MR) is 109 cm³/mol. The van der Waals surface area contributed by atoms with Gasteiger partial charge in [-0.15, -0.1) is 6.58 Å². The summed E-state index contributed by atoms with van der Waals surface area (Å²) in [5.74, 6) is 0.0672. The van der Waals surface area contributed by atoms with E-state index in [0.717, 1.165) is 43.4 Å². The standard InChI is InChI=1S/C23H32O7/c1-3-13-27-19-17(24)18(25)20-22(30-23(29-20)11-5-4-6-12-23)21(19)28-14-15-7-9-16(26-2)10-8-15/h3,7-10,17-22,24-25H,1,4-6,11-14H2,2H3/t17-,18-,19+,20+,21-,22+/m0/s1. The van der Waals surface area contributed by atoms with Crippen LogP contribution in [0.3, 0.4) is 0 Å². The number of rotatable bonds is 7. The second-order valence-corrected chi connectivity index (χ2v) is 8.33. The van der Waals surface area contributed by atoms with Gasteiger partial charge in [0.1, 0.15) is 42.4 Å². The summed E-state index contributed by atoms with van der Waals surface area (Å²) in [7, 11) is 1.63. The number of fused-ring (bicyclic) bond motifs is 1. The summed E-state index contributed by atoms with van der Waals surface area (Å²) in [6, 6.07) is 7.61. The SMILES string of the molecule is C=CCO[C@@H]1[C@@H](O)[C@H](O)[C@H]2OC3(CCCCC3)O[C@H]2[C@H]1OCc1ccc(OC)cc1. The van der Waals surface area contributed by atoms with Crippen molar-refractivity contribution < 1.29 is 33.9 Å². The largest absolute Gasteiger partial charge is 0.497 e. The molecule has 30 heavy (non-hydrogen) atoms. The van der Waals surface area contributed by atoms with E-state index in [1.807, 2.05) is 24.3 Å². The number of aliphatic hydroxyl groups excluding tert-OH is 2. The maximum Gasteiger partial charge on any atom is 0.169 e. The zero-order chi connectivity index (χ0) is 21.1. The van der Waals surface area contributed by atoms with Gasteiger partial charge in [0, 0.05) is 12.8 Å². The maximum atomic E-state index is 10.8. The van der Waals surface area contributed by atoms with Crippen molar-refractivity contribution in [1.29, 1.82) is 0 Å². The van der Waals surface area contributed by atoms with E-state index in [9.17, 15) is 10.2 Å². The van der Waals surface area contributed by atoms with Crippen LogP contribution in [0.15, 0.2) is 36.9 Å². The molecule has 7 heteroatoms. The summed E-state index contributed by atoms with van der Waals surface area (Å²) in [5.41, 5.74) is 0.960. The molecule has 0 aromatic heterocycles. The lowest BCUT2D eigenvalue weighted by molar-refractivity contribution is -0.223. The smallest absolute Gasteiger partial charge is 0.169 e. The predicted octanol–water partition coefficient (Wildman–Crippen LogP) is 2.33. The lowest BCUT2D eigenvalue weighted by Gasteiger charge is -2.43. The Morgan fingerprint density at radius 2 is 1.70 bits per heavy atom. The first kappa shape index (κ1) is 21.7. The number of aliphatic hydroxyl groups is 2. The van der Waals surface area contributed by atoms with Crippen LogP contribution in [0, 0.1) is 0 Å². The molecule has 4 rings (SSSR count). The van der Waals surface area contributed by atoms with E-state index in [-0.39, 0.29) is 6.61 Å². The van der Waals surface area contributed by atoms with E-state index in [1.54, 1.807) is 13.2 Å². The van der Waals surface area contributed by atoms with Gasteiger partial charge in [0.05, 0.1) is 20.3 Å². The normalized spacial score (nSPS) is 35.2. The molecule has 1 heterocycles. The summed E-state index contributed by atoms with van der Waals surface area (Å²) in [4.78, 5) is 0. The van der Waals surface area contributed by atoms with Gasteiger partial charge in [-0.25, -0.2) is 0 Å². The highest BCUT2D eigenvalue weighted by Gasteiger charge is 2.60. The fourth-order valence-corrected chi connectivity index (χ4v) is 4.75. The molecule has 1 spiro atoms. The molecule has 3 aliphatic rings. The Labute approximate surface area is 177 Å². The van der Waals surface area contributed by atoms with E-state index in [1.165, 1.54) is 0 Å². The van der Waals surface area contributed by atoms with Crippen LogP contribution in [0.1, 0.15) is 37.7 Å². The van der Waals surface area contributed by atoms with Crippen molar-refractivity contribution in [1.82, 2.24) is 0 Å². The highest BCUT2D eigenvalue weighted by Crippen LogP contribution is 2.46. The van der Waals surface area contributed by atoms with Gasteiger partial charge in [0.25, 0.3) is 0 Å². The van der Waals surface area contributed by atoms with Crippen molar-refractivity contribution in [3.63, 3.8) is 0 Å². The van der Waals surface area contributed by atoms with E-state index in [0.29, 0.717) is 6.61 Å². The highest BCUT2D eigenvalue weighted by molar-refractivity contribution is 5.26. The highest BCUT2D eigenvalue weighted by atomic mass is 16.8. The molecule has 1 aliphatic heterocycles. The molecule has 2 saturated carbocycles. The van der Waals surface area contributed by atoms with Crippen molar-refractivity contribution in [3.8, 4) is 5.75 Å². The zero-order valence-corrected chi connectivity index (χ0v) is 17.4. The van der Waals surface area contributed by atoms with Crippen LogP contribution in [0.25, 0.3) is 0 Å². The summed E-state index contributed by atoms with van der Waals surface area (Å²) in [6.45, 7) is 4.23. The third kappa shape index (κ3) is 4.28. The minimum atomic E-state index is -1.14. The molecule has 2 aliphatic carbocycles. The maximum absolute atomic E-state index is 10.8. The van der Waals surface area contributed by atoms with Crippen LogP contribution >= 0.6 is 0 Å². The van der Waals surface area contributed by atoms with Crippen LogP contribution < -0.4 is 4.74 Å². The third-order valence-corrected chi connectivity index (χ3v) is 6.32. The van der Waals surface area contributed by atoms with Gasteiger partial charge < -0.3 is 33.9 Å². The van der Waals surface area contributed by atoms with E-state index >= 15 is 0 Å². The molecule has 1 aromatic rings. The van der Waals surface area contributed by atoms with Crippen LogP contribution in [0.5, 0.6) is 5.75 Å². The molecule has 166 valence electrons. The first-order valence-corrected chi connectivity index (χ1v) is 10.8. The molecule has 1 saturated heterocycles. The summed E-state index contributed by atoms with van der Waals surface area (Å²) < 4.78 is 29.9. The summed E-state index contributed by atoms with van der Waals surface area (Å²) in [6.07, 6.45) is 1.61. The Kier molecular flexibility index (Phi) is 6.77. The van der Waals surface area contributed by atoms with Crippen LogP contribution in [-0.4, -0.2) is 66.3 Å². The van der Waals surface area contributed by atoms with Gasteiger partial charge in [0.2, 0.25) is 0 Å². The monoisotopic (exact) mass is 420 g/mol. The zero-order valence-electron chi connectivity index (χ0n) is 17.4. The van der Waals surface area contributed by atoms with Gasteiger partial charge in [-0.3, -0.25) is 0 Å². The molecule has 0 unspecified atom stereocenters. The Hall–Kier alpha value is -1.48. The number of ether oxygens (including phenoxy) is 5. The third-order valence-electron chi connectivity index (χ3n) is 6.32. The average molecular weight is 421 g/mol. The second-order valence-electron chi connectivity index (χ2n) is 8.33. The van der Waals surface area contributed by atoms with E-state index in [2.05, 4.69) is 6.58 Å². The number of hydrogen-bond donors (Lipinski definition) is 2. The van der Waals surface area contributed by atoms with Gasteiger partial charge in [-0.05, 0) is 30.5 Å². The van der Waals surface area contributed by atoms with Crippen molar-refractivity contribution in [2.45, 2.75) is 81.1 Å². The average Bonchev–Trinajstić information content (AvgIpc) is 3.14. The van der Waals surface area contributed by atoms with Crippen molar-refractivity contribution in [3.05, 3.63) is 42.5 Å². The topological polar surface area (TPSA) is 86.6 Å². The Balaban J connectivity index is 1.54. The quantitative estimate of drug-likeness (QED) is 0.655. The van der Waals surface area contributed by atoms with E-state index < -0.39 is 42.4 Å². The number of methoxy groups -OCH3 is 1. The minimum absolute atomic E-state index is 0.236. The summed E-state index contributed by atoms with van der Waals surface area (Å²) >= 11 is 0. The molecule has 3 fully saturated rings. The van der Waals surface area contributed by atoms with Crippen LogP contribution in [0.2, 0.25) is 0 Å². The minimum Gasteiger partial charge on any atom is -0.497 e. The molecular weight excluding hydrogens is 388 g/mol. The molecule has 2 N–H and O–H groups in total. The fraction of sp³-hybridized carbons (Fsp3) is 0.652. The van der Waals surface area contributed by atoms with Crippen molar-refractivity contribution in [2.75, 3.05) is 13.7 Å². The first-order chi connectivity index (χ1) is 14.6. The number of hydrogen-bond acceptors (Lipinski definition) is 7. The van der Waals surface area contributed by atoms with Crippen LogP contribution in [-0.2, 0) is 25.6 Å². The Morgan fingerprint density at radius 1 is 1.00 bits per heavy atom. The van der Waals surface area contributed by atoms with Crippen LogP contribution in [0.4, 0.5) is 0 Å². The first-order valence-electron chi connectivity index (χ1n) is 10.8. The second kappa shape index (κ2) is 9.34.